The molecule has 3 unspecified atom stereocenters. The Kier molecular flexibility index (Phi) is 4.47. The van der Waals surface area contributed by atoms with Crippen LogP contribution in [-0.4, -0.2) is 18.1 Å². The van der Waals surface area contributed by atoms with Gasteiger partial charge in [0.1, 0.15) is 11.4 Å². The maximum atomic E-state index is 11.2. The Hall–Kier alpha value is -1.78. The van der Waals surface area contributed by atoms with Crippen molar-refractivity contribution >= 4 is 11.4 Å². The zero-order valence-corrected chi connectivity index (χ0v) is 12.3. The molecule has 3 atom stereocenters. The molecule has 0 aliphatic heterocycles. The minimum Gasteiger partial charge on any atom is -0.496 e. The largest absolute Gasteiger partial charge is 0.496 e. The number of hydrogen-bond donors (Lipinski definition) is 1. The minimum absolute atomic E-state index is 0.0789. The molecule has 1 aliphatic carbocycles. The molecule has 1 aromatic carbocycles. The third-order valence-corrected chi connectivity index (χ3v) is 4.17. The van der Waals surface area contributed by atoms with E-state index in [1.54, 1.807) is 12.1 Å². The summed E-state index contributed by atoms with van der Waals surface area (Å²) < 4.78 is 5.05. The molecule has 0 spiro atoms. The van der Waals surface area contributed by atoms with E-state index in [0.29, 0.717) is 23.4 Å². The van der Waals surface area contributed by atoms with E-state index in [-0.39, 0.29) is 10.6 Å². The summed E-state index contributed by atoms with van der Waals surface area (Å²) in [6.45, 7) is 4.48. The molecule has 0 heterocycles. The number of anilines is 1. The first-order chi connectivity index (χ1) is 9.51. The molecule has 1 saturated carbocycles. The van der Waals surface area contributed by atoms with Crippen molar-refractivity contribution in [3.63, 3.8) is 0 Å². The molecule has 0 bridgehead atoms. The quantitative estimate of drug-likeness (QED) is 0.671. The van der Waals surface area contributed by atoms with E-state index in [0.717, 1.165) is 12.3 Å². The van der Waals surface area contributed by atoms with Crippen LogP contribution < -0.4 is 10.1 Å². The van der Waals surface area contributed by atoms with E-state index in [1.807, 2.05) is 0 Å². The first-order valence-corrected chi connectivity index (χ1v) is 7.10. The molecule has 20 heavy (non-hydrogen) atoms. The Morgan fingerprint density at radius 2 is 2.10 bits per heavy atom. The van der Waals surface area contributed by atoms with Gasteiger partial charge in [-0.15, -0.1) is 0 Å². The Morgan fingerprint density at radius 3 is 2.70 bits per heavy atom. The molecule has 1 aliphatic rings. The molecule has 1 N–H and O–H groups in total. The third kappa shape index (κ3) is 3.21. The molecule has 5 heteroatoms. The number of nitro benzene ring substituents is 1. The van der Waals surface area contributed by atoms with Gasteiger partial charge < -0.3 is 10.1 Å². The number of nitrogens with zero attached hydrogens (tertiary/aromatic N) is 1. The van der Waals surface area contributed by atoms with Gasteiger partial charge in [0.15, 0.2) is 0 Å². The van der Waals surface area contributed by atoms with Crippen LogP contribution in [0.5, 0.6) is 5.75 Å². The molecule has 0 radical (unpaired) electrons. The van der Waals surface area contributed by atoms with Crippen molar-refractivity contribution in [1.82, 2.24) is 0 Å². The smallest absolute Gasteiger partial charge is 0.296 e. The van der Waals surface area contributed by atoms with Crippen molar-refractivity contribution in [2.75, 3.05) is 12.4 Å². The average Bonchev–Trinajstić information content (AvgIpc) is 2.42. The SMILES string of the molecule is COc1ccc(NC2CCC(C)CC2C)c([N+](=O)[O-])c1. The molecule has 0 aromatic heterocycles. The van der Waals surface area contributed by atoms with Crippen molar-refractivity contribution in [2.24, 2.45) is 11.8 Å². The lowest BCUT2D eigenvalue weighted by Gasteiger charge is -2.33. The van der Waals surface area contributed by atoms with E-state index >= 15 is 0 Å². The summed E-state index contributed by atoms with van der Waals surface area (Å²) in [5, 5.41) is 14.5. The Bertz CT molecular complexity index is 490. The van der Waals surface area contributed by atoms with Gasteiger partial charge in [-0.05, 0) is 43.2 Å². The molecular formula is C15H22N2O3. The Labute approximate surface area is 119 Å². The molecule has 5 nitrogen and oxygen atoms in total. The van der Waals surface area contributed by atoms with Crippen LogP contribution in [0, 0.1) is 22.0 Å². The molecule has 0 amide bonds. The summed E-state index contributed by atoms with van der Waals surface area (Å²) in [6.07, 6.45) is 3.40. The highest BCUT2D eigenvalue weighted by Gasteiger charge is 2.27. The van der Waals surface area contributed by atoms with Crippen molar-refractivity contribution < 1.29 is 9.66 Å². The molecular weight excluding hydrogens is 256 g/mol. The van der Waals surface area contributed by atoms with Gasteiger partial charge in [0.2, 0.25) is 0 Å². The standard InChI is InChI=1S/C15H22N2O3/c1-10-4-6-13(11(2)8-10)16-14-7-5-12(20-3)9-15(14)17(18)19/h5,7,9-11,13,16H,4,6,8H2,1-3H3. The predicted octanol–water partition coefficient (Wildman–Crippen LogP) is 3.84. The van der Waals surface area contributed by atoms with E-state index in [9.17, 15) is 10.1 Å². The summed E-state index contributed by atoms with van der Waals surface area (Å²) in [6, 6.07) is 5.27. The first-order valence-electron chi connectivity index (χ1n) is 7.10. The predicted molar refractivity (Wildman–Crippen MR) is 79.2 cm³/mol. The van der Waals surface area contributed by atoms with Gasteiger partial charge in [0, 0.05) is 6.04 Å². The van der Waals surface area contributed by atoms with Crippen LogP contribution in [0.25, 0.3) is 0 Å². The third-order valence-electron chi connectivity index (χ3n) is 4.17. The van der Waals surface area contributed by atoms with Gasteiger partial charge in [0.05, 0.1) is 18.1 Å². The van der Waals surface area contributed by atoms with Crippen molar-refractivity contribution in [3.05, 3.63) is 28.3 Å². The lowest BCUT2D eigenvalue weighted by atomic mass is 9.80. The molecule has 1 aromatic rings. The van der Waals surface area contributed by atoms with E-state index in [1.165, 1.54) is 26.0 Å². The lowest BCUT2D eigenvalue weighted by Crippen LogP contribution is -2.33. The highest BCUT2D eigenvalue weighted by molar-refractivity contribution is 5.64. The number of benzene rings is 1. The normalized spacial score (nSPS) is 26.1. The number of nitrogens with one attached hydrogen (secondary N) is 1. The Balaban J connectivity index is 2.18. The molecule has 1 fully saturated rings. The van der Waals surface area contributed by atoms with Crippen molar-refractivity contribution in [1.29, 1.82) is 0 Å². The summed E-state index contributed by atoms with van der Waals surface area (Å²) in [4.78, 5) is 10.8. The fraction of sp³-hybridized carbons (Fsp3) is 0.600. The van der Waals surface area contributed by atoms with Crippen molar-refractivity contribution in [2.45, 2.75) is 39.2 Å². The second-order valence-corrected chi connectivity index (χ2v) is 5.79. The maximum absolute atomic E-state index is 11.2. The first kappa shape index (κ1) is 14.6. The second kappa shape index (κ2) is 6.11. The topological polar surface area (TPSA) is 64.4 Å². The second-order valence-electron chi connectivity index (χ2n) is 5.79. The summed E-state index contributed by atoms with van der Waals surface area (Å²) in [5.74, 6) is 1.78. The molecule has 110 valence electrons. The van der Waals surface area contributed by atoms with Crippen LogP contribution >= 0.6 is 0 Å². The average molecular weight is 278 g/mol. The summed E-state index contributed by atoms with van der Waals surface area (Å²) >= 11 is 0. The number of nitro groups is 1. The number of methoxy groups -OCH3 is 1. The monoisotopic (exact) mass is 278 g/mol. The maximum Gasteiger partial charge on any atom is 0.296 e. The highest BCUT2D eigenvalue weighted by atomic mass is 16.6. The van der Waals surface area contributed by atoms with Gasteiger partial charge in [-0.2, -0.15) is 0 Å². The van der Waals surface area contributed by atoms with Gasteiger partial charge >= 0.3 is 0 Å². The zero-order valence-electron chi connectivity index (χ0n) is 12.3. The van der Waals surface area contributed by atoms with Gasteiger partial charge in [-0.25, -0.2) is 0 Å². The lowest BCUT2D eigenvalue weighted by molar-refractivity contribution is -0.384. The van der Waals surface area contributed by atoms with Crippen LogP contribution in [0.15, 0.2) is 18.2 Å². The van der Waals surface area contributed by atoms with Crippen molar-refractivity contribution in [3.8, 4) is 5.75 Å². The van der Waals surface area contributed by atoms with Gasteiger partial charge in [-0.1, -0.05) is 13.8 Å². The number of rotatable bonds is 4. The Morgan fingerprint density at radius 1 is 1.35 bits per heavy atom. The van der Waals surface area contributed by atoms with E-state index in [4.69, 9.17) is 4.74 Å². The fourth-order valence-electron chi connectivity index (χ4n) is 2.99. The van der Waals surface area contributed by atoms with Crippen LogP contribution in [0.4, 0.5) is 11.4 Å². The van der Waals surface area contributed by atoms with Crippen LogP contribution in [0.1, 0.15) is 33.1 Å². The van der Waals surface area contributed by atoms with Crippen LogP contribution in [0.3, 0.4) is 0 Å². The number of ether oxygens (including phenoxy) is 1. The van der Waals surface area contributed by atoms with E-state index in [2.05, 4.69) is 19.2 Å². The molecule has 2 rings (SSSR count). The van der Waals surface area contributed by atoms with Crippen LogP contribution in [-0.2, 0) is 0 Å². The fourth-order valence-corrected chi connectivity index (χ4v) is 2.99. The highest BCUT2D eigenvalue weighted by Crippen LogP contribution is 2.34. The number of hydrogen-bond acceptors (Lipinski definition) is 4. The van der Waals surface area contributed by atoms with E-state index < -0.39 is 0 Å². The summed E-state index contributed by atoms with van der Waals surface area (Å²) in [5.41, 5.74) is 0.664. The molecule has 0 saturated heterocycles. The summed E-state index contributed by atoms with van der Waals surface area (Å²) in [7, 11) is 1.51. The zero-order chi connectivity index (χ0) is 14.7. The van der Waals surface area contributed by atoms with Crippen LogP contribution in [0.2, 0.25) is 0 Å². The van der Waals surface area contributed by atoms with Gasteiger partial charge in [0.25, 0.3) is 5.69 Å². The minimum atomic E-state index is -0.360. The van der Waals surface area contributed by atoms with Gasteiger partial charge in [-0.3, -0.25) is 10.1 Å².